The summed E-state index contributed by atoms with van der Waals surface area (Å²) in [6.07, 6.45) is -2.84. The normalized spacial score (nSPS) is 13.4. The molecule has 96 valence electrons. The lowest BCUT2D eigenvalue weighted by Gasteiger charge is -2.14. The van der Waals surface area contributed by atoms with Crippen LogP contribution in [0.25, 0.3) is 10.4 Å². The van der Waals surface area contributed by atoms with Crippen LogP contribution in [-0.2, 0) is 9.59 Å². The predicted octanol–water partition coefficient (Wildman–Crippen LogP) is -1.57. The van der Waals surface area contributed by atoms with E-state index in [1.165, 1.54) is 0 Å². The molecule has 0 rings (SSSR count). The molecule has 0 saturated carbocycles. The van der Waals surface area contributed by atoms with Crippen LogP contribution in [0.15, 0.2) is 5.11 Å². The first-order valence-electron chi connectivity index (χ1n) is 4.81. The lowest BCUT2D eigenvalue weighted by molar-refractivity contribution is -0.130. The van der Waals surface area contributed by atoms with E-state index in [-0.39, 0.29) is 12.8 Å². The third kappa shape index (κ3) is 7.25. The topological polar surface area (TPSA) is 156 Å². The number of amides is 2. The quantitative estimate of drug-likeness (QED) is 0.242. The zero-order valence-electron chi connectivity index (χ0n) is 8.98. The molecule has 2 amide bonds. The van der Waals surface area contributed by atoms with Crippen molar-refractivity contribution in [1.29, 1.82) is 0 Å². The van der Waals surface area contributed by atoms with E-state index in [0.717, 1.165) is 0 Å². The highest BCUT2D eigenvalue weighted by Crippen LogP contribution is 2.02. The van der Waals surface area contributed by atoms with Gasteiger partial charge in [0.2, 0.25) is 11.8 Å². The Balaban J connectivity index is 3.87. The lowest BCUT2D eigenvalue weighted by atomic mass is 10.1. The molecule has 0 bridgehead atoms. The summed E-state index contributed by atoms with van der Waals surface area (Å²) < 4.78 is 0. The van der Waals surface area contributed by atoms with Gasteiger partial charge in [-0.15, -0.1) is 0 Å². The van der Waals surface area contributed by atoms with E-state index >= 15 is 0 Å². The lowest BCUT2D eigenvalue weighted by Crippen LogP contribution is -2.34. The zero-order valence-corrected chi connectivity index (χ0v) is 8.98. The Labute approximate surface area is 96.7 Å². The highest BCUT2D eigenvalue weighted by Gasteiger charge is 2.17. The fourth-order valence-electron chi connectivity index (χ4n) is 0.946. The minimum absolute atomic E-state index is 0.0949. The van der Waals surface area contributed by atoms with E-state index in [4.69, 9.17) is 15.7 Å². The van der Waals surface area contributed by atoms with Gasteiger partial charge in [0, 0.05) is 11.3 Å². The van der Waals surface area contributed by atoms with Crippen LogP contribution in [0.1, 0.15) is 12.8 Å². The number of imide groups is 1. The Bertz CT molecular complexity index is 315. The first kappa shape index (κ1) is 15.3. The summed E-state index contributed by atoms with van der Waals surface area (Å²) in [6, 6.07) is 0. The van der Waals surface area contributed by atoms with Crippen molar-refractivity contribution in [3.8, 4) is 0 Å². The number of hydrogen-bond donors (Lipinski definition) is 4. The number of nitrogens with zero attached hydrogens (tertiary/aromatic N) is 3. The van der Waals surface area contributed by atoms with Crippen molar-refractivity contribution in [3.05, 3.63) is 10.4 Å². The summed E-state index contributed by atoms with van der Waals surface area (Å²) in [5.41, 5.74) is 7.92. The second-order valence-corrected chi connectivity index (χ2v) is 3.22. The third-order valence-electron chi connectivity index (χ3n) is 1.85. The van der Waals surface area contributed by atoms with Crippen LogP contribution >= 0.6 is 0 Å². The van der Waals surface area contributed by atoms with Gasteiger partial charge in [0.1, 0.15) is 12.6 Å². The minimum atomic E-state index is -1.32. The number of carbonyl (C=O) groups excluding carboxylic acids is 2. The molecule has 0 aliphatic heterocycles. The van der Waals surface area contributed by atoms with Crippen molar-refractivity contribution in [3.63, 3.8) is 0 Å². The molecule has 17 heavy (non-hydrogen) atoms. The molecule has 0 spiro atoms. The van der Waals surface area contributed by atoms with E-state index in [1.54, 1.807) is 0 Å². The van der Waals surface area contributed by atoms with Gasteiger partial charge in [-0.25, -0.2) is 0 Å². The molecule has 2 atom stereocenters. The Morgan fingerprint density at radius 2 is 1.94 bits per heavy atom. The maximum Gasteiger partial charge on any atom is 0.232 e. The van der Waals surface area contributed by atoms with Crippen molar-refractivity contribution in [2.24, 2.45) is 5.11 Å². The highest BCUT2D eigenvalue weighted by atomic mass is 16.4. The molecule has 0 aromatic heterocycles. The average molecular weight is 246 g/mol. The molecule has 0 fully saturated rings. The van der Waals surface area contributed by atoms with Crippen LogP contribution in [0.5, 0.6) is 0 Å². The van der Waals surface area contributed by atoms with Gasteiger partial charge in [0.15, 0.2) is 0 Å². The van der Waals surface area contributed by atoms with Gasteiger partial charge in [-0.05, 0) is 12.0 Å². The molecule has 9 heteroatoms. The largest absolute Gasteiger partial charge is 0.394 e. The molecule has 0 aromatic rings. The fourth-order valence-corrected chi connectivity index (χ4v) is 0.946. The predicted molar refractivity (Wildman–Crippen MR) is 55.5 cm³/mol. The number of nitrogens with one attached hydrogen (secondary N) is 1. The SMILES string of the molecule is [N-]=[N+]=NCC(=O)NC(=O)CC[C@@H](O)[C@H](O)CO. The fraction of sp³-hybridized carbons (Fsp3) is 0.750. The van der Waals surface area contributed by atoms with Gasteiger partial charge in [-0.3, -0.25) is 14.9 Å². The van der Waals surface area contributed by atoms with Crippen LogP contribution in [0.2, 0.25) is 0 Å². The smallest absolute Gasteiger partial charge is 0.232 e. The van der Waals surface area contributed by atoms with Gasteiger partial charge >= 0.3 is 0 Å². The molecule has 0 aromatic carbocycles. The molecule has 0 unspecified atom stereocenters. The van der Waals surface area contributed by atoms with Crippen LogP contribution in [0, 0.1) is 0 Å². The van der Waals surface area contributed by atoms with Gasteiger partial charge in [0.05, 0.1) is 12.7 Å². The van der Waals surface area contributed by atoms with Gasteiger partial charge in [-0.1, -0.05) is 5.11 Å². The third-order valence-corrected chi connectivity index (χ3v) is 1.85. The monoisotopic (exact) mass is 246 g/mol. The van der Waals surface area contributed by atoms with Crippen LogP contribution < -0.4 is 5.32 Å². The van der Waals surface area contributed by atoms with Crippen LogP contribution in [0.3, 0.4) is 0 Å². The van der Waals surface area contributed by atoms with E-state index < -0.39 is 37.2 Å². The van der Waals surface area contributed by atoms with E-state index in [0.29, 0.717) is 0 Å². The molecule has 0 aliphatic rings. The molecule has 9 nitrogen and oxygen atoms in total. The second kappa shape index (κ2) is 8.48. The maximum absolute atomic E-state index is 11.1. The van der Waals surface area contributed by atoms with Crippen LogP contribution in [-0.4, -0.2) is 52.5 Å². The van der Waals surface area contributed by atoms with E-state index in [1.807, 2.05) is 5.32 Å². The first-order chi connectivity index (χ1) is 8.01. The standard InChI is InChI=1S/C8H14N4O5/c9-12-10-3-8(17)11-7(16)2-1-5(14)6(15)4-13/h5-6,13-15H,1-4H2,(H,11,16,17)/t5-,6-/m1/s1. The number of hydrogen-bond acceptors (Lipinski definition) is 6. The Hall–Kier alpha value is -1.67. The molecule has 4 N–H and O–H groups in total. The van der Waals surface area contributed by atoms with Crippen LogP contribution in [0.4, 0.5) is 0 Å². The second-order valence-electron chi connectivity index (χ2n) is 3.22. The van der Waals surface area contributed by atoms with Crippen molar-refractivity contribution < 1.29 is 24.9 Å². The summed E-state index contributed by atoms with van der Waals surface area (Å²) in [6.45, 7) is -1.09. The molecule has 0 aliphatic carbocycles. The minimum Gasteiger partial charge on any atom is -0.394 e. The van der Waals surface area contributed by atoms with Gasteiger partial charge < -0.3 is 15.3 Å². The summed E-state index contributed by atoms with van der Waals surface area (Å²) >= 11 is 0. The van der Waals surface area contributed by atoms with Crippen molar-refractivity contribution >= 4 is 11.8 Å². The number of rotatable bonds is 7. The number of carbonyl (C=O) groups is 2. The Morgan fingerprint density at radius 3 is 2.47 bits per heavy atom. The van der Waals surface area contributed by atoms with Gasteiger partial charge in [-0.2, -0.15) is 0 Å². The molecule has 0 heterocycles. The summed E-state index contributed by atoms with van der Waals surface area (Å²) in [5.74, 6) is -1.41. The van der Waals surface area contributed by atoms with Crippen molar-refractivity contribution in [1.82, 2.24) is 5.32 Å². The van der Waals surface area contributed by atoms with E-state index in [9.17, 15) is 14.7 Å². The Kier molecular flexibility index (Phi) is 7.65. The number of aliphatic hydroxyl groups is 3. The Morgan fingerprint density at radius 1 is 1.29 bits per heavy atom. The summed E-state index contributed by atoms with van der Waals surface area (Å²) in [7, 11) is 0. The number of aliphatic hydroxyl groups excluding tert-OH is 3. The molecular formula is C8H14N4O5. The van der Waals surface area contributed by atoms with E-state index in [2.05, 4.69) is 10.0 Å². The highest BCUT2D eigenvalue weighted by molar-refractivity contribution is 5.96. The summed E-state index contributed by atoms with van der Waals surface area (Å²) in [5, 5.41) is 31.6. The zero-order chi connectivity index (χ0) is 13.3. The molecule has 0 saturated heterocycles. The molecular weight excluding hydrogens is 232 g/mol. The molecule has 0 radical (unpaired) electrons. The van der Waals surface area contributed by atoms with Crippen molar-refractivity contribution in [2.45, 2.75) is 25.0 Å². The maximum atomic E-state index is 11.1. The average Bonchev–Trinajstić information content (AvgIpc) is 2.32. The van der Waals surface area contributed by atoms with Gasteiger partial charge in [0.25, 0.3) is 0 Å². The number of azide groups is 1. The first-order valence-corrected chi connectivity index (χ1v) is 4.81. The van der Waals surface area contributed by atoms with Crippen molar-refractivity contribution in [2.75, 3.05) is 13.2 Å². The summed E-state index contributed by atoms with van der Waals surface area (Å²) in [4.78, 5) is 24.4.